The van der Waals surface area contributed by atoms with E-state index in [1.54, 1.807) is 23.0 Å². The number of rotatable bonds is 0. The lowest BCUT2D eigenvalue weighted by Crippen LogP contribution is -1.87. The van der Waals surface area contributed by atoms with Crippen molar-refractivity contribution in [1.29, 1.82) is 5.26 Å². The Morgan fingerprint density at radius 1 is 1.58 bits per heavy atom. The number of nitrogens with zero attached hydrogens (tertiary/aromatic N) is 3. The van der Waals surface area contributed by atoms with Crippen LogP contribution in [0.15, 0.2) is 24.8 Å². The summed E-state index contributed by atoms with van der Waals surface area (Å²) in [6, 6.07) is 3.79. The van der Waals surface area contributed by atoms with Crippen molar-refractivity contribution >= 4 is 11.2 Å². The van der Waals surface area contributed by atoms with Crippen LogP contribution in [0.3, 0.4) is 0 Å². The predicted molar refractivity (Wildman–Crippen MR) is 44.3 cm³/mol. The fourth-order valence-corrected chi connectivity index (χ4v) is 1.14. The number of hydrogen-bond acceptors (Lipinski definition) is 3. The molecule has 2 N–H and O–H groups in total. The lowest BCUT2D eigenvalue weighted by molar-refractivity contribution is 1.09. The minimum absolute atomic E-state index is 0.536. The van der Waals surface area contributed by atoms with Crippen molar-refractivity contribution in [3.63, 3.8) is 0 Å². The van der Waals surface area contributed by atoms with Crippen LogP contribution in [0.4, 0.5) is 5.69 Å². The third kappa shape index (κ3) is 0.805. The lowest BCUT2D eigenvalue weighted by Gasteiger charge is -1.92. The van der Waals surface area contributed by atoms with Crippen LogP contribution in [-0.4, -0.2) is 9.38 Å². The zero-order valence-corrected chi connectivity index (χ0v) is 6.23. The number of nitrogens with two attached hydrogens (primary N) is 1. The van der Waals surface area contributed by atoms with Gasteiger partial charge in [-0.1, -0.05) is 0 Å². The molecule has 0 fully saturated rings. The predicted octanol–water partition coefficient (Wildman–Crippen LogP) is 0.788. The molecule has 0 aliphatic heterocycles. The summed E-state index contributed by atoms with van der Waals surface area (Å²) in [6.45, 7) is 0. The van der Waals surface area contributed by atoms with E-state index in [2.05, 4.69) is 4.98 Å². The molecule has 0 aliphatic carbocycles. The highest BCUT2D eigenvalue weighted by Crippen LogP contribution is 2.13. The number of hydrogen-bond donors (Lipinski definition) is 1. The van der Waals surface area contributed by atoms with E-state index in [9.17, 15) is 0 Å². The lowest BCUT2D eigenvalue weighted by atomic mass is 10.3. The highest BCUT2D eigenvalue weighted by atomic mass is 15.0. The van der Waals surface area contributed by atoms with Crippen LogP contribution in [0.5, 0.6) is 0 Å². The Morgan fingerprint density at radius 2 is 2.42 bits per heavy atom. The first-order valence-corrected chi connectivity index (χ1v) is 3.42. The van der Waals surface area contributed by atoms with Gasteiger partial charge in [-0.2, -0.15) is 5.26 Å². The van der Waals surface area contributed by atoms with Crippen molar-refractivity contribution < 1.29 is 0 Å². The summed E-state index contributed by atoms with van der Waals surface area (Å²) in [4.78, 5) is 3.88. The summed E-state index contributed by atoms with van der Waals surface area (Å²) in [7, 11) is 0. The van der Waals surface area contributed by atoms with E-state index in [0.717, 1.165) is 5.52 Å². The normalized spacial score (nSPS) is 9.92. The van der Waals surface area contributed by atoms with Gasteiger partial charge in [-0.05, 0) is 6.07 Å². The molecule has 4 nitrogen and oxygen atoms in total. The molecule has 2 aromatic rings. The van der Waals surface area contributed by atoms with Crippen LogP contribution in [0.1, 0.15) is 5.56 Å². The molecular weight excluding hydrogens is 152 g/mol. The van der Waals surface area contributed by atoms with Gasteiger partial charge in [-0.15, -0.1) is 0 Å². The zero-order valence-electron chi connectivity index (χ0n) is 6.23. The summed E-state index contributed by atoms with van der Waals surface area (Å²) in [5, 5.41) is 8.70. The summed E-state index contributed by atoms with van der Waals surface area (Å²) in [5.41, 5.74) is 7.53. The van der Waals surface area contributed by atoms with E-state index >= 15 is 0 Å². The fourth-order valence-electron chi connectivity index (χ4n) is 1.14. The number of nitrogen functional groups attached to an aromatic ring is 1. The van der Waals surface area contributed by atoms with Crippen molar-refractivity contribution in [2.24, 2.45) is 0 Å². The first kappa shape index (κ1) is 6.68. The largest absolute Gasteiger partial charge is 0.397 e. The highest BCUT2D eigenvalue weighted by Gasteiger charge is 2.01. The first-order valence-electron chi connectivity index (χ1n) is 3.42. The van der Waals surface area contributed by atoms with Crippen LogP contribution in [0, 0.1) is 11.3 Å². The van der Waals surface area contributed by atoms with Gasteiger partial charge in [0, 0.05) is 12.4 Å². The average molecular weight is 158 g/mol. The zero-order chi connectivity index (χ0) is 8.55. The molecule has 0 radical (unpaired) electrons. The third-order valence-electron chi connectivity index (χ3n) is 1.66. The van der Waals surface area contributed by atoms with Gasteiger partial charge in [0.2, 0.25) is 0 Å². The Labute approximate surface area is 68.9 Å². The maximum Gasteiger partial charge on any atom is 0.103 e. The van der Waals surface area contributed by atoms with E-state index in [4.69, 9.17) is 11.0 Å². The Hall–Kier alpha value is -2.02. The van der Waals surface area contributed by atoms with E-state index in [0.29, 0.717) is 11.3 Å². The fraction of sp³-hybridized carbons (Fsp3) is 0. The second-order valence-electron chi connectivity index (χ2n) is 2.49. The molecule has 2 heterocycles. The molecule has 2 aromatic heterocycles. The molecule has 0 bridgehead atoms. The van der Waals surface area contributed by atoms with Crippen molar-refractivity contribution in [2.75, 3.05) is 5.73 Å². The molecule has 0 atom stereocenters. The van der Waals surface area contributed by atoms with Crippen LogP contribution >= 0.6 is 0 Å². The Bertz CT molecular complexity index is 463. The van der Waals surface area contributed by atoms with E-state index in [1.807, 2.05) is 6.07 Å². The Morgan fingerprint density at radius 3 is 3.17 bits per heavy atom. The molecule has 0 amide bonds. The summed E-state index contributed by atoms with van der Waals surface area (Å²) in [6.07, 6.45) is 4.87. The van der Waals surface area contributed by atoms with Gasteiger partial charge >= 0.3 is 0 Å². The van der Waals surface area contributed by atoms with Crippen LogP contribution < -0.4 is 5.73 Å². The maximum absolute atomic E-state index is 8.70. The van der Waals surface area contributed by atoms with Gasteiger partial charge in [0.25, 0.3) is 0 Å². The first-order chi connectivity index (χ1) is 5.81. The van der Waals surface area contributed by atoms with Crippen molar-refractivity contribution in [1.82, 2.24) is 9.38 Å². The molecule has 0 spiro atoms. The molecular formula is C8H6N4. The molecule has 0 saturated carbocycles. The molecule has 0 saturated heterocycles. The molecule has 4 heteroatoms. The van der Waals surface area contributed by atoms with Gasteiger partial charge in [0.05, 0.1) is 23.1 Å². The maximum atomic E-state index is 8.70. The monoisotopic (exact) mass is 158 g/mol. The van der Waals surface area contributed by atoms with Crippen LogP contribution in [-0.2, 0) is 0 Å². The van der Waals surface area contributed by atoms with Crippen LogP contribution in [0.2, 0.25) is 0 Å². The standard InChI is InChI=1S/C8H6N4/c9-2-6-3-11-5-12-4-7(10)1-8(6)12/h1,3-5H,10H2. The van der Waals surface area contributed by atoms with E-state index in [-0.39, 0.29) is 0 Å². The third-order valence-corrected chi connectivity index (χ3v) is 1.66. The Kier molecular flexibility index (Phi) is 1.25. The minimum Gasteiger partial charge on any atom is -0.397 e. The number of nitriles is 1. The van der Waals surface area contributed by atoms with Gasteiger partial charge < -0.3 is 10.1 Å². The van der Waals surface area contributed by atoms with Crippen molar-refractivity contribution in [2.45, 2.75) is 0 Å². The summed E-state index contributed by atoms with van der Waals surface area (Å²) >= 11 is 0. The molecule has 0 unspecified atom stereocenters. The van der Waals surface area contributed by atoms with Crippen molar-refractivity contribution in [3.8, 4) is 6.07 Å². The molecule has 0 aliphatic rings. The highest BCUT2D eigenvalue weighted by molar-refractivity contribution is 5.66. The van der Waals surface area contributed by atoms with Crippen LogP contribution in [0.25, 0.3) is 5.52 Å². The van der Waals surface area contributed by atoms with Gasteiger partial charge in [-0.25, -0.2) is 4.98 Å². The molecule has 2 rings (SSSR count). The topological polar surface area (TPSA) is 67.1 Å². The molecule has 12 heavy (non-hydrogen) atoms. The average Bonchev–Trinajstić information content (AvgIpc) is 2.44. The second kappa shape index (κ2) is 2.24. The van der Waals surface area contributed by atoms with Gasteiger partial charge in [-0.3, -0.25) is 0 Å². The number of fused-ring (bicyclic) bond motifs is 1. The number of aromatic nitrogens is 2. The quantitative estimate of drug-likeness (QED) is 0.616. The van der Waals surface area contributed by atoms with Gasteiger partial charge in [0.15, 0.2) is 0 Å². The molecule has 0 aromatic carbocycles. The van der Waals surface area contributed by atoms with Crippen molar-refractivity contribution in [3.05, 3.63) is 30.4 Å². The smallest absolute Gasteiger partial charge is 0.103 e. The Balaban J connectivity index is 2.89. The molecule has 58 valence electrons. The van der Waals surface area contributed by atoms with E-state index in [1.165, 1.54) is 6.20 Å². The van der Waals surface area contributed by atoms with E-state index < -0.39 is 0 Å². The summed E-state index contributed by atoms with van der Waals surface area (Å²) in [5.74, 6) is 0. The minimum atomic E-state index is 0.536. The summed E-state index contributed by atoms with van der Waals surface area (Å²) < 4.78 is 1.73. The number of anilines is 1. The SMILES string of the molecule is N#Cc1cncn2cc(N)cc12. The second-order valence-corrected chi connectivity index (χ2v) is 2.49. The van der Waals surface area contributed by atoms with Gasteiger partial charge in [0.1, 0.15) is 6.07 Å².